The van der Waals surface area contributed by atoms with Crippen molar-refractivity contribution in [1.82, 2.24) is 9.97 Å². The highest BCUT2D eigenvalue weighted by Gasteiger charge is 2.09. The molecular weight excluding hydrogens is 326 g/mol. The standard InChI is InChI=1S/C13H10BrN3OS/c1-7-16-10-3-2-9(5-12(10)19-7)17-13(18)11-4-8(14)6-15-11/h2-6,15H,1H3,(H,17,18). The second-order valence-corrected chi connectivity index (χ2v) is 6.25. The number of anilines is 1. The zero-order valence-corrected chi connectivity index (χ0v) is 12.4. The summed E-state index contributed by atoms with van der Waals surface area (Å²) in [5, 5.41) is 3.88. The molecule has 3 aromatic rings. The third kappa shape index (κ3) is 2.54. The second kappa shape index (κ2) is 4.79. The SMILES string of the molecule is Cc1nc2ccc(NC(=O)c3cc(Br)c[nH]3)cc2s1. The van der Waals surface area contributed by atoms with Crippen LogP contribution in [0.25, 0.3) is 10.2 Å². The molecule has 19 heavy (non-hydrogen) atoms. The van der Waals surface area contributed by atoms with Crippen LogP contribution in [0, 0.1) is 6.92 Å². The van der Waals surface area contributed by atoms with E-state index in [-0.39, 0.29) is 5.91 Å². The largest absolute Gasteiger partial charge is 0.356 e. The van der Waals surface area contributed by atoms with Crippen LogP contribution < -0.4 is 5.32 Å². The Bertz CT molecular complexity index is 762. The number of nitrogens with one attached hydrogen (secondary N) is 2. The molecule has 2 aromatic heterocycles. The maximum Gasteiger partial charge on any atom is 0.272 e. The van der Waals surface area contributed by atoms with Crippen molar-refractivity contribution in [3.8, 4) is 0 Å². The van der Waals surface area contributed by atoms with Crippen LogP contribution in [0.15, 0.2) is 34.9 Å². The van der Waals surface area contributed by atoms with Gasteiger partial charge in [-0.15, -0.1) is 11.3 Å². The molecule has 2 N–H and O–H groups in total. The van der Waals surface area contributed by atoms with Gasteiger partial charge in [0, 0.05) is 16.4 Å². The number of fused-ring (bicyclic) bond motifs is 1. The fraction of sp³-hybridized carbons (Fsp3) is 0.0769. The second-order valence-electron chi connectivity index (χ2n) is 4.10. The van der Waals surface area contributed by atoms with Gasteiger partial charge in [0.25, 0.3) is 5.91 Å². The number of aromatic nitrogens is 2. The van der Waals surface area contributed by atoms with Crippen molar-refractivity contribution in [3.05, 3.63) is 45.6 Å². The number of rotatable bonds is 2. The third-order valence-corrected chi connectivity index (χ3v) is 4.04. The first-order valence-electron chi connectivity index (χ1n) is 5.64. The average molecular weight is 336 g/mol. The smallest absolute Gasteiger partial charge is 0.272 e. The zero-order valence-electron chi connectivity index (χ0n) is 10.0. The van der Waals surface area contributed by atoms with Crippen molar-refractivity contribution >= 4 is 49.1 Å². The molecule has 0 bridgehead atoms. The lowest BCUT2D eigenvalue weighted by molar-refractivity contribution is 0.102. The Balaban J connectivity index is 1.86. The Morgan fingerprint density at radius 1 is 1.42 bits per heavy atom. The van der Waals surface area contributed by atoms with Crippen LogP contribution in [-0.2, 0) is 0 Å². The van der Waals surface area contributed by atoms with E-state index in [1.54, 1.807) is 23.6 Å². The molecule has 0 unspecified atom stereocenters. The lowest BCUT2D eigenvalue weighted by Crippen LogP contribution is -2.11. The molecular formula is C13H10BrN3OS. The number of carbonyl (C=O) groups is 1. The van der Waals surface area contributed by atoms with Crippen molar-refractivity contribution in [2.75, 3.05) is 5.32 Å². The van der Waals surface area contributed by atoms with Crippen LogP contribution in [0.1, 0.15) is 15.5 Å². The van der Waals surface area contributed by atoms with E-state index < -0.39 is 0 Å². The molecule has 4 nitrogen and oxygen atoms in total. The summed E-state index contributed by atoms with van der Waals surface area (Å²) in [6.45, 7) is 1.97. The predicted octanol–water partition coefficient (Wildman–Crippen LogP) is 3.95. The van der Waals surface area contributed by atoms with E-state index >= 15 is 0 Å². The highest BCUT2D eigenvalue weighted by molar-refractivity contribution is 9.10. The highest BCUT2D eigenvalue weighted by Crippen LogP contribution is 2.25. The van der Waals surface area contributed by atoms with Crippen LogP contribution >= 0.6 is 27.3 Å². The van der Waals surface area contributed by atoms with Gasteiger partial charge in [0.2, 0.25) is 0 Å². The van der Waals surface area contributed by atoms with Crippen molar-refractivity contribution in [3.63, 3.8) is 0 Å². The molecule has 0 aliphatic carbocycles. The number of H-pyrrole nitrogens is 1. The minimum absolute atomic E-state index is 0.161. The first-order valence-corrected chi connectivity index (χ1v) is 7.25. The molecule has 3 rings (SSSR count). The summed E-state index contributed by atoms with van der Waals surface area (Å²) in [4.78, 5) is 19.3. The van der Waals surface area contributed by atoms with E-state index in [0.29, 0.717) is 5.69 Å². The fourth-order valence-corrected chi connectivity index (χ4v) is 3.02. The van der Waals surface area contributed by atoms with Crippen LogP contribution in [-0.4, -0.2) is 15.9 Å². The topological polar surface area (TPSA) is 57.8 Å². The number of aryl methyl sites for hydroxylation is 1. The van der Waals surface area contributed by atoms with Gasteiger partial charge in [0.1, 0.15) is 5.69 Å². The summed E-state index contributed by atoms with van der Waals surface area (Å²) in [6.07, 6.45) is 1.73. The molecule has 0 atom stereocenters. The normalized spacial score (nSPS) is 10.8. The zero-order chi connectivity index (χ0) is 13.4. The maximum absolute atomic E-state index is 12.0. The monoisotopic (exact) mass is 335 g/mol. The fourth-order valence-electron chi connectivity index (χ4n) is 1.82. The van der Waals surface area contributed by atoms with Crippen molar-refractivity contribution < 1.29 is 4.79 Å². The van der Waals surface area contributed by atoms with Crippen molar-refractivity contribution in [2.24, 2.45) is 0 Å². The highest BCUT2D eigenvalue weighted by atomic mass is 79.9. The van der Waals surface area contributed by atoms with E-state index in [4.69, 9.17) is 0 Å². The number of carbonyl (C=O) groups excluding carboxylic acids is 1. The van der Waals surface area contributed by atoms with E-state index in [2.05, 4.69) is 31.2 Å². The number of benzene rings is 1. The Morgan fingerprint density at radius 2 is 2.26 bits per heavy atom. The Hall–Kier alpha value is -1.66. The van der Waals surface area contributed by atoms with Gasteiger partial charge in [-0.25, -0.2) is 4.98 Å². The van der Waals surface area contributed by atoms with E-state index in [0.717, 1.165) is 25.4 Å². The average Bonchev–Trinajstić information content (AvgIpc) is 2.93. The van der Waals surface area contributed by atoms with Crippen LogP contribution in [0.2, 0.25) is 0 Å². The summed E-state index contributed by atoms with van der Waals surface area (Å²) in [5.74, 6) is -0.161. The van der Waals surface area contributed by atoms with Crippen molar-refractivity contribution in [2.45, 2.75) is 6.92 Å². The Kier molecular flexibility index (Phi) is 3.12. The molecule has 0 saturated heterocycles. The van der Waals surface area contributed by atoms with Gasteiger partial charge in [-0.1, -0.05) is 0 Å². The quantitative estimate of drug-likeness (QED) is 0.744. The van der Waals surface area contributed by atoms with Gasteiger partial charge < -0.3 is 10.3 Å². The lowest BCUT2D eigenvalue weighted by atomic mass is 10.3. The van der Waals surface area contributed by atoms with E-state index in [1.165, 1.54) is 0 Å². The number of halogens is 1. The first kappa shape index (κ1) is 12.4. The molecule has 1 aromatic carbocycles. The number of hydrogen-bond acceptors (Lipinski definition) is 3. The summed E-state index contributed by atoms with van der Waals surface area (Å²) in [5.41, 5.74) is 2.25. The number of hydrogen-bond donors (Lipinski definition) is 2. The van der Waals surface area contributed by atoms with Gasteiger partial charge in [-0.2, -0.15) is 0 Å². The molecule has 0 saturated carbocycles. The molecule has 96 valence electrons. The summed E-state index contributed by atoms with van der Waals surface area (Å²) < 4.78 is 1.93. The van der Waals surface area contributed by atoms with Crippen LogP contribution in [0.3, 0.4) is 0 Å². The van der Waals surface area contributed by atoms with Gasteiger partial charge in [0.05, 0.1) is 15.2 Å². The van der Waals surface area contributed by atoms with E-state index in [9.17, 15) is 4.79 Å². The van der Waals surface area contributed by atoms with Gasteiger partial charge in [-0.3, -0.25) is 4.79 Å². The molecule has 0 aliphatic rings. The minimum Gasteiger partial charge on any atom is -0.356 e. The number of nitrogens with zero attached hydrogens (tertiary/aromatic N) is 1. The molecule has 2 heterocycles. The molecule has 0 aliphatic heterocycles. The number of amides is 1. The molecule has 0 fully saturated rings. The Morgan fingerprint density at radius 3 is 3.00 bits per heavy atom. The molecule has 1 amide bonds. The summed E-state index contributed by atoms with van der Waals surface area (Å²) in [6, 6.07) is 7.46. The first-order chi connectivity index (χ1) is 9.11. The lowest BCUT2D eigenvalue weighted by Gasteiger charge is -2.03. The van der Waals surface area contributed by atoms with Gasteiger partial charge >= 0.3 is 0 Å². The molecule has 6 heteroatoms. The number of thiazole rings is 1. The van der Waals surface area contributed by atoms with Gasteiger partial charge in [-0.05, 0) is 47.1 Å². The minimum atomic E-state index is -0.161. The van der Waals surface area contributed by atoms with Crippen LogP contribution in [0.5, 0.6) is 0 Å². The molecule has 0 spiro atoms. The van der Waals surface area contributed by atoms with Crippen LogP contribution in [0.4, 0.5) is 5.69 Å². The molecule has 0 radical (unpaired) electrons. The van der Waals surface area contributed by atoms with E-state index in [1.807, 2.05) is 25.1 Å². The van der Waals surface area contributed by atoms with Crippen molar-refractivity contribution in [1.29, 1.82) is 0 Å². The third-order valence-electron chi connectivity index (χ3n) is 2.65. The predicted molar refractivity (Wildman–Crippen MR) is 80.8 cm³/mol. The summed E-state index contributed by atoms with van der Waals surface area (Å²) in [7, 11) is 0. The van der Waals surface area contributed by atoms with Gasteiger partial charge in [0.15, 0.2) is 0 Å². The number of aromatic amines is 1. The Labute approximate surface area is 122 Å². The summed E-state index contributed by atoms with van der Waals surface area (Å²) >= 11 is 4.92. The maximum atomic E-state index is 12.0.